The van der Waals surface area contributed by atoms with Gasteiger partial charge in [0.2, 0.25) is 0 Å². The predicted molar refractivity (Wildman–Crippen MR) is 78.3 cm³/mol. The van der Waals surface area contributed by atoms with Gasteiger partial charge in [-0.05, 0) is 49.6 Å². The maximum absolute atomic E-state index is 12.9. The number of thioether (sulfide) groups is 1. The van der Waals surface area contributed by atoms with Crippen LogP contribution in [-0.4, -0.2) is 30.9 Å². The number of likely N-dealkylation sites (N-methyl/N-ethyl adjacent to an activating group) is 1. The van der Waals surface area contributed by atoms with E-state index in [9.17, 15) is 9.18 Å². The fourth-order valence-corrected chi connectivity index (χ4v) is 3.59. The van der Waals surface area contributed by atoms with Gasteiger partial charge in [-0.25, -0.2) is 4.39 Å². The average molecular weight is 297 g/mol. The standard InChI is InChI=1S/C15H20FNO2S/c1-3-17-15(11-4-5-11,14(18)19-2)10-20-13-8-6-12(16)7-9-13/h6-9,11,17H,3-5,10H2,1-2H3. The number of carbonyl (C=O) groups excluding carboxylic acids is 1. The smallest absolute Gasteiger partial charge is 0.327 e. The van der Waals surface area contributed by atoms with Gasteiger partial charge in [0.05, 0.1) is 7.11 Å². The van der Waals surface area contributed by atoms with Crippen molar-refractivity contribution in [3.63, 3.8) is 0 Å². The van der Waals surface area contributed by atoms with E-state index in [-0.39, 0.29) is 11.8 Å². The first-order chi connectivity index (χ1) is 9.62. The average Bonchev–Trinajstić information content (AvgIpc) is 3.29. The monoisotopic (exact) mass is 297 g/mol. The van der Waals surface area contributed by atoms with E-state index in [1.54, 1.807) is 23.9 Å². The summed E-state index contributed by atoms with van der Waals surface area (Å²) in [6.45, 7) is 2.71. The molecule has 0 aromatic heterocycles. The Balaban J connectivity index is 2.10. The Bertz CT molecular complexity index is 461. The van der Waals surface area contributed by atoms with Gasteiger partial charge in [0.25, 0.3) is 0 Å². The molecule has 1 aromatic rings. The highest BCUT2D eigenvalue weighted by molar-refractivity contribution is 7.99. The van der Waals surface area contributed by atoms with Crippen LogP contribution >= 0.6 is 11.8 Å². The maximum atomic E-state index is 12.9. The molecule has 110 valence electrons. The molecule has 0 saturated heterocycles. The molecule has 5 heteroatoms. The Morgan fingerprint density at radius 3 is 2.60 bits per heavy atom. The largest absolute Gasteiger partial charge is 0.468 e. The summed E-state index contributed by atoms with van der Waals surface area (Å²) in [5.41, 5.74) is -0.622. The first-order valence-electron chi connectivity index (χ1n) is 6.84. The van der Waals surface area contributed by atoms with E-state index in [1.807, 2.05) is 6.92 Å². The van der Waals surface area contributed by atoms with Crippen LogP contribution in [0, 0.1) is 11.7 Å². The number of esters is 1. The first kappa shape index (κ1) is 15.3. The highest BCUT2D eigenvalue weighted by Gasteiger charge is 2.51. The number of hydrogen-bond acceptors (Lipinski definition) is 4. The lowest BCUT2D eigenvalue weighted by Crippen LogP contribution is -2.56. The second-order valence-corrected chi connectivity index (χ2v) is 6.06. The third kappa shape index (κ3) is 3.33. The van der Waals surface area contributed by atoms with Crippen LogP contribution in [0.3, 0.4) is 0 Å². The molecule has 0 spiro atoms. The highest BCUT2D eigenvalue weighted by Crippen LogP contribution is 2.43. The molecular weight excluding hydrogens is 277 g/mol. The minimum absolute atomic E-state index is 0.198. The molecule has 0 aliphatic heterocycles. The summed E-state index contributed by atoms with van der Waals surface area (Å²) in [5, 5.41) is 3.32. The summed E-state index contributed by atoms with van der Waals surface area (Å²) >= 11 is 1.56. The topological polar surface area (TPSA) is 38.3 Å². The number of benzene rings is 1. The fourth-order valence-electron chi connectivity index (χ4n) is 2.41. The first-order valence-corrected chi connectivity index (χ1v) is 7.82. The molecule has 1 aliphatic rings. The van der Waals surface area contributed by atoms with Gasteiger partial charge < -0.3 is 10.1 Å². The van der Waals surface area contributed by atoms with Gasteiger partial charge >= 0.3 is 5.97 Å². The number of methoxy groups -OCH3 is 1. The van der Waals surface area contributed by atoms with E-state index in [2.05, 4.69) is 5.32 Å². The zero-order valence-electron chi connectivity index (χ0n) is 11.8. The quantitative estimate of drug-likeness (QED) is 0.620. The number of nitrogens with one attached hydrogen (secondary N) is 1. The van der Waals surface area contributed by atoms with Crippen molar-refractivity contribution in [1.82, 2.24) is 5.32 Å². The second-order valence-electron chi connectivity index (χ2n) is 5.01. The van der Waals surface area contributed by atoms with E-state index in [0.29, 0.717) is 11.7 Å². The summed E-state index contributed by atoms with van der Waals surface area (Å²) in [6.07, 6.45) is 2.10. The van der Waals surface area contributed by atoms with Gasteiger partial charge in [-0.15, -0.1) is 11.8 Å². The molecular formula is C15H20FNO2S. The molecule has 1 N–H and O–H groups in total. The minimum atomic E-state index is -0.622. The molecule has 20 heavy (non-hydrogen) atoms. The van der Waals surface area contributed by atoms with Crippen LogP contribution < -0.4 is 5.32 Å². The van der Waals surface area contributed by atoms with Crippen LogP contribution in [0.1, 0.15) is 19.8 Å². The molecule has 2 rings (SSSR count). The van der Waals surface area contributed by atoms with Crippen LogP contribution in [-0.2, 0) is 9.53 Å². The van der Waals surface area contributed by atoms with E-state index in [0.717, 1.165) is 24.3 Å². The molecule has 0 radical (unpaired) electrons. The second kappa shape index (κ2) is 6.59. The molecule has 1 saturated carbocycles. The van der Waals surface area contributed by atoms with Crippen LogP contribution in [0.15, 0.2) is 29.2 Å². The van der Waals surface area contributed by atoms with E-state index in [4.69, 9.17) is 4.74 Å². The SMILES string of the molecule is CCNC(CSc1ccc(F)cc1)(C(=O)OC)C1CC1. The summed E-state index contributed by atoms with van der Waals surface area (Å²) < 4.78 is 17.9. The van der Waals surface area contributed by atoms with Crippen LogP contribution in [0.2, 0.25) is 0 Å². The third-order valence-corrected chi connectivity index (χ3v) is 4.80. The fraction of sp³-hybridized carbons (Fsp3) is 0.533. The third-order valence-electron chi connectivity index (χ3n) is 3.60. The lowest BCUT2D eigenvalue weighted by atomic mass is 9.95. The normalized spacial score (nSPS) is 17.6. The van der Waals surface area contributed by atoms with Crippen molar-refractivity contribution in [1.29, 1.82) is 0 Å². The summed E-state index contributed by atoms with van der Waals surface area (Å²) in [5.74, 6) is 0.492. The maximum Gasteiger partial charge on any atom is 0.327 e. The van der Waals surface area contributed by atoms with Crippen LogP contribution in [0.4, 0.5) is 4.39 Å². The van der Waals surface area contributed by atoms with Crippen molar-refractivity contribution in [2.45, 2.75) is 30.2 Å². The zero-order chi connectivity index (χ0) is 14.6. The molecule has 3 nitrogen and oxygen atoms in total. The predicted octanol–water partition coefficient (Wildman–Crippen LogP) is 2.85. The number of carbonyl (C=O) groups is 1. The van der Waals surface area contributed by atoms with Gasteiger partial charge in [0.15, 0.2) is 0 Å². The number of rotatable bonds is 7. The summed E-state index contributed by atoms with van der Waals surface area (Å²) in [4.78, 5) is 13.2. The van der Waals surface area contributed by atoms with Gasteiger partial charge in [0.1, 0.15) is 11.4 Å². The van der Waals surface area contributed by atoms with E-state index < -0.39 is 5.54 Å². The lowest BCUT2D eigenvalue weighted by molar-refractivity contribution is -0.148. The molecule has 0 heterocycles. The van der Waals surface area contributed by atoms with Crippen molar-refractivity contribution >= 4 is 17.7 Å². The van der Waals surface area contributed by atoms with Gasteiger partial charge in [-0.1, -0.05) is 6.92 Å². The van der Waals surface area contributed by atoms with Crippen molar-refractivity contribution in [3.8, 4) is 0 Å². The molecule has 0 amide bonds. The molecule has 1 aromatic carbocycles. The van der Waals surface area contributed by atoms with Crippen molar-refractivity contribution in [3.05, 3.63) is 30.1 Å². The zero-order valence-corrected chi connectivity index (χ0v) is 12.6. The molecule has 1 aliphatic carbocycles. The van der Waals surface area contributed by atoms with Crippen molar-refractivity contribution in [2.24, 2.45) is 5.92 Å². The van der Waals surface area contributed by atoms with Gasteiger partial charge in [-0.3, -0.25) is 4.79 Å². The Hall–Kier alpha value is -1.07. The van der Waals surface area contributed by atoms with Gasteiger partial charge in [0, 0.05) is 10.6 Å². The Morgan fingerprint density at radius 2 is 2.10 bits per heavy atom. The van der Waals surface area contributed by atoms with E-state index in [1.165, 1.54) is 19.2 Å². The van der Waals surface area contributed by atoms with Crippen molar-refractivity contribution < 1.29 is 13.9 Å². The molecule has 1 atom stereocenters. The Morgan fingerprint density at radius 1 is 1.45 bits per heavy atom. The Kier molecular flexibility index (Phi) is 5.05. The number of hydrogen-bond donors (Lipinski definition) is 1. The van der Waals surface area contributed by atoms with Crippen LogP contribution in [0.25, 0.3) is 0 Å². The van der Waals surface area contributed by atoms with E-state index >= 15 is 0 Å². The van der Waals surface area contributed by atoms with Gasteiger partial charge in [-0.2, -0.15) is 0 Å². The number of ether oxygens (including phenoxy) is 1. The summed E-state index contributed by atoms with van der Waals surface area (Å²) in [7, 11) is 1.43. The molecule has 1 unspecified atom stereocenters. The molecule has 0 bridgehead atoms. The Labute approximate surface area is 123 Å². The molecule has 1 fully saturated rings. The minimum Gasteiger partial charge on any atom is -0.468 e. The summed E-state index contributed by atoms with van der Waals surface area (Å²) in [6, 6.07) is 6.35. The van der Waals surface area contributed by atoms with Crippen LogP contribution in [0.5, 0.6) is 0 Å². The lowest BCUT2D eigenvalue weighted by Gasteiger charge is -2.31. The van der Waals surface area contributed by atoms with Crippen molar-refractivity contribution in [2.75, 3.05) is 19.4 Å². The number of halogens is 1. The highest BCUT2D eigenvalue weighted by atomic mass is 32.2.